The summed E-state index contributed by atoms with van der Waals surface area (Å²) in [4.78, 5) is 15.5. The first kappa shape index (κ1) is 13.8. The van der Waals surface area contributed by atoms with E-state index in [9.17, 15) is 4.79 Å². The molecule has 6 heteroatoms. The quantitative estimate of drug-likeness (QED) is 0.799. The zero-order valence-electron chi connectivity index (χ0n) is 11.8. The molecule has 0 fully saturated rings. The van der Waals surface area contributed by atoms with Crippen LogP contribution in [0.25, 0.3) is 22.8 Å². The van der Waals surface area contributed by atoms with E-state index in [1.807, 2.05) is 30.3 Å². The Balaban J connectivity index is 1.80. The van der Waals surface area contributed by atoms with Crippen LogP contribution in [0.15, 0.2) is 59.1 Å². The molecule has 22 heavy (non-hydrogen) atoms. The van der Waals surface area contributed by atoms with Gasteiger partial charge in [-0.25, -0.2) is 4.79 Å². The van der Waals surface area contributed by atoms with Crippen LogP contribution in [-0.2, 0) is 4.74 Å². The summed E-state index contributed by atoms with van der Waals surface area (Å²) < 4.78 is 9.80. The van der Waals surface area contributed by atoms with E-state index in [2.05, 4.69) is 20.2 Å². The molecule has 6 nitrogen and oxygen atoms in total. The second-order valence-corrected chi connectivity index (χ2v) is 4.48. The van der Waals surface area contributed by atoms with Crippen LogP contribution < -0.4 is 5.32 Å². The number of nitrogens with one attached hydrogen (secondary N) is 1. The number of benzene rings is 2. The SMILES string of the molecule is COC(=O)Nc1ccc(-c2noc(-c3ccccc3)n2)cc1. The van der Waals surface area contributed by atoms with Crippen molar-refractivity contribution in [3.63, 3.8) is 0 Å². The molecule has 0 saturated heterocycles. The van der Waals surface area contributed by atoms with Crippen LogP contribution in [0.3, 0.4) is 0 Å². The van der Waals surface area contributed by atoms with Gasteiger partial charge in [0.2, 0.25) is 5.82 Å². The summed E-state index contributed by atoms with van der Waals surface area (Å²) in [6, 6.07) is 16.6. The van der Waals surface area contributed by atoms with E-state index in [0.29, 0.717) is 17.4 Å². The number of carbonyl (C=O) groups is 1. The lowest BCUT2D eigenvalue weighted by atomic mass is 10.2. The van der Waals surface area contributed by atoms with Crippen LogP contribution in [-0.4, -0.2) is 23.3 Å². The third-order valence-electron chi connectivity index (χ3n) is 3.02. The maximum Gasteiger partial charge on any atom is 0.411 e. The minimum Gasteiger partial charge on any atom is -0.453 e. The molecule has 1 aromatic heterocycles. The average Bonchev–Trinajstić information content (AvgIpc) is 3.06. The average molecular weight is 295 g/mol. The van der Waals surface area contributed by atoms with Crippen LogP contribution >= 0.6 is 0 Å². The molecule has 0 spiro atoms. The Morgan fingerprint density at radius 2 is 1.77 bits per heavy atom. The predicted octanol–water partition coefficient (Wildman–Crippen LogP) is 3.58. The van der Waals surface area contributed by atoms with E-state index in [4.69, 9.17) is 4.52 Å². The highest BCUT2D eigenvalue weighted by Gasteiger charge is 2.10. The van der Waals surface area contributed by atoms with Crippen molar-refractivity contribution in [3.8, 4) is 22.8 Å². The van der Waals surface area contributed by atoms with E-state index in [0.717, 1.165) is 11.1 Å². The number of aromatic nitrogens is 2. The molecule has 0 unspecified atom stereocenters. The van der Waals surface area contributed by atoms with Crippen molar-refractivity contribution >= 4 is 11.8 Å². The highest BCUT2D eigenvalue weighted by Crippen LogP contribution is 2.23. The molecule has 110 valence electrons. The van der Waals surface area contributed by atoms with Crippen molar-refractivity contribution in [2.24, 2.45) is 0 Å². The standard InChI is InChI=1S/C16H13N3O3/c1-21-16(20)17-13-9-7-11(8-10-13)14-18-15(22-19-14)12-5-3-2-4-6-12/h2-10H,1H3,(H,17,20). The van der Waals surface area contributed by atoms with Crippen LogP contribution in [0.2, 0.25) is 0 Å². The molecule has 0 saturated carbocycles. The topological polar surface area (TPSA) is 77.2 Å². The van der Waals surface area contributed by atoms with Gasteiger partial charge in [-0.15, -0.1) is 0 Å². The molecule has 3 rings (SSSR count). The summed E-state index contributed by atoms with van der Waals surface area (Å²) in [5, 5.41) is 6.55. The first-order chi connectivity index (χ1) is 10.8. The van der Waals surface area contributed by atoms with Crippen molar-refractivity contribution in [3.05, 3.63) is 54.6 Å². The number of carbonyl (C=O) groups excluding carboxylic acids is 1. The fourth-order valence-corrected chi connectivity index (χ4v) is 1.91. The maximum atomic E-state index is 11.1. The second-order valence-electron chi connectivity index (χ2n) is 4.48. The van der Waals surface area contributed by atoms with E-state index in [1.54, 1.807) is 24.3 Å². The van der Waals surface area contributed by atoms with E-state index in [1.165, 1.54) is 7.11 Å². The van der Waals surface area contributed by atoms with E-state index < -0.39 is 6.09 Å². The number of nitrogens with zero attached hydrogens (tertiary/aromatic N) is 2. The van der Waals surface area contributed by atoms with Crippen molar-refractivity contribution in [1.29, 1.82) is 0 Å². The van der Waals surface area contributed by atoms with Crippen LogP contribution in [0, 0.1) is 0 Å². The first-order valence-electron chi connectivity index (χ1n) is 6.61. The molecular weight excluding hydrogens is 282 g/mol. The Morgan fingerprint density at radius 3 is 2.45 bits per heavy atom. The highest BCUT2D eigenvalue weighted by atomic mass is 16.5. The molecule has 3 aromatic rings. The number of hydrogen-bond donors (Lipinski definition) is 1. The van der Waals surface area contributed by atoms with Gasteiger partial charge in [0, 0.05) is 16.8 Å². The van der Waals surface area contributed by atoms with Gasteiger partial charge in [0.1, 0.15) is 0 Å². The lowest BCUT2D eigenvalue weighted by Gasteiger charge is -2.03. The normalized spacial score (nSPS) is 10.2. The van der Waals surface area contributed by atoms with Gasteiger partial charge in [-0.3, -0.25) is 5.32 Å². The zero-order valence-corrected chi connectivity index (χ0v) is 11.8. The second kappa shape index (κ2) is 6.09. The number of ether oxygens (including phenoxy) is 1. The number of rotatable bonds is 3. The van der Waals surface area contributed by atoms with Crippen molar-refractivity contribution in [1.82, 2.24) is 10.1 Å². The molecule has 0 aliphatic heterocycles. The third-order valence-corrected chi connectivity index (χ3v) is 3.02. The number of amides is 1. The summed E-state index contributed by atoms with van der Waals surface area (Å²) in [6.45, 7) is 0. The minimum atomic E-state index is -0.515. The molecule has 1 heterocycles. The smallest absolute Gasteiger partial charge is 0.411 e. The Hall–Kier alpha value is -3.15. The molecule has 1 N–H and O–H groups in total. The van der Waals surface area contributed by atoms with Gasteiger partial charge in [0.25, 0.3) is 5.89 Å². The third kappa shape index (κ3) is 2.95. The fraction of sp³-hybridized carbons (Fsp3) is 0.0625. The predicted molar refractivity (Wildman–Crippen MR) is 81.2 cm³/mol. The van der Waals surface area contributed by atoms with Gasteiger partial charge in [-0.1, -0.05) is 23.4 Å². The molecular formula is C16H13N3O3. The maximum absolute atomic E-state index is 11.1. The fourth-order valence-electron chi connectivity index (χ4n) is 1.91. The first-order valence-corrected chi connectivity index (χ1v) is 6.61. The molecule has 0 radical (unpaired) electrons. The van der Waals surface area contributed by atoms with E-state index >= 15 is 0 Å². The Morgan fingerprint density at radius 1 is 1.05 bits per heavy atom. The van der Waals surface area contributed by atoms with Crippen molar-refractivity contribution < 1.29 is 14.1 Å². The molecule has 1 amide bonds. The highest BCUT2D eigenvalue weighted by molar-refractivity contribution is 5.84. The molecule has 0 bridgehead atoms. The van der Waals surface area contributed by atoms with Gasteiger partial charge in [-0.2, -0.15) is 4.98 Å². The summed E-state index contributed by atoms with van der Waals surface area (Å²) in [6.07, 6.45) is -0.515. The molecule has 0 atom stereocenters. The van der Waals surface area contributed by atoms with Gasteiger partial charge < -0.3 is 9.26 Å². The van der Waals surface area contributed by atoms with Crippen LogP contribution in [0.1, 0.15) is 0 Å². The summed E-state index contributed by atoms with van der Waals surface area (Å²) in [7, 11) is 1.31. The number of anilines is 1. The number of hydrogen-bond acceptors (Lipinski definition) is 5. The summed E-state index contributed by atoms with van der Waals surface area (Å²) >= 11 is 0. The monoisotopic (exact) mass is 295 g/mol. The summed E-state index contributed by atoms with van der Waals surface area (Å²) in [5.41, 5.74) is 2.29. The molecule has 0 aliphatic carbocycles. The van der Waals surface area contributed by atoms with Gasteiger partial charge in [0.05, 0.1) is 7.11 Å². The molecule has 0 aliphatic rings. The summed E-state index contributed by atoms with van der Waals surface area (Å²) in [5.74, 6) is 0.954. The zero-order chi connectivity index (χ0) is 15.4. The van der Waals surface area contributed by atoms with Crippen LogP contribution in [0.4, 0.5) is 10.5 Å². The van der Waals surface area contributed by atoms with Gasteiger partial charge in [-0.05, 0) is 36.4 Å². The van der Waals surface area contributed by atoms with Gasteiger partial charge in [0.15, 0.2) is 0 Å². The Labute approximate surface area is 126 Å². The number of methoxy groups -OCH3 is 1. The largest absolute Gasteiger partial charge is 0.453 e. The Bertz CT molecular complexity index is 767. The molecule has 2 aromatic carbocycles. The van der Waals surface area contributed by atoms with Gasteiger partial charge >= 0.3 is 6.09 Å². The van der Waals surface area contributed by atoms with Crippen LogP contribution in [0.5, 0.6) is 0 Å². The van der Waals surface area contributed by atoms with Crippen molar-refractivity contribution in [2.75, 3.05) is 12.4 Å². The lowest BCUT2D eigenvalue weighted by molar-refractivity contribution is 0.187. The van der Waals surface area contributed by atoms with E-state index in [-0.39, 0.29) is 0 Å². The van der Waals surface area contributed by atoms with Crippen molar-refractivity contribution in [2.45, 2.75) is 0 Å². The lowest BCUT2D eigenvalue weighted by Crippen LogP contribution is -2.10. The minimum absolute atomic E-state index is 0.465. The Kier molecular flexibility index (Phi) is 3.82.